The number of hydrogen-bond donors (Lipinski definition) is 2. The van der Waals surface area contributed by atoms with E-state index in [0.29, 0.717) is 26.3 Å². The van der Waals surface area contributed by atoms with E-state index in [1.165, 1.54) is 6.21 Å². The molecule has 0 fully saturated rings. The molecule has 32 heavy (non-hydrogen) atoms. The number of esters is 1. The summed E-state index contributed by atoms with van der Waals surface area (Å²) in [6.45, 7) is 1.81. The van der Waals surface area contributed by atoms with Crippen LogP contribution in [0.15, 0.2) is 76.3 Å². The predicted octanol–water partition coefficient (Wildman–Crippen LogP) is 4.72. The smallest absolute Gasteiger partial charge is 0.343 e. The number of para-hydroxylation sites is 1. The van der Waals surface area contributed by atoms with Gasteiger partial charge in [0.2, 0.25) is 0 Å². The lowest BCUT2D eigenvalue weighted by Crippen LogP contribution is -2.32. The lowest BCUT2D eigenvalue weighted by atomic mass is 10.2. The summed E-state index contributed by atoms with van der Waals surface area (Å²) in [5, 5.41) is 6.82. The van der Waals surface area contributed by atoms with Crippen molar-refractivity contribution in [2.24, 2.45) is 5.10 Å². The van der Waals surface area contributed by atoms with Gasteiger partial charge < -0.3 is 10.1 Å². The quantitative estimate of drug-likeness (QED) is 0.169. The van der Waals surface area contributed by atoms with Crippen LogP contribution in [0.3, 0.4) is 0 Å². The molecule has 0 radical (unpaired) electrons. The molecule has 0 unspecified atom stereocenters. The zero-order valence-corrected chi connectivity index (χ0v) is 19.1. The average Bonchev–Trinajstić information content (AvgIpc) is 2.77. The maximum atomic E-state index is 12.4. The van der Waals surface area contributed by atoms with E-state index in [1.807, 2.05) is 19.1 Å². The van der Waals surface area contributed by atoms with E-state index in [0.717, 1.165) is 5.56 Å². The van der Waals surface area contributed by atoms with Crippen LogP contribution in [-0.4, -0.2) is 24.0 Å². The van der Waals surface area contributed by atoms with Crippen molar-refractivity contribution in [2.75, 3.05) is 5.32 Å². The molecule has 0 atom stereocenters. The molecule has 9 heteroatoms. The van der Waals surface area contributed by atoms with Gasteiger partial charge in [-0.05, 0) is 61.0 Å². The minimum atomic E-state index is -0.945. The van der Waals surface area contributed by atoms with Crippen LogP contribution in [0, 0.1) is 6.92 Å². The van der Waals surface area contributed by atoms with Gasteiger partial charge in [-0.15, -0.1) is 0 Å². The number of rotatable bonds is 5. The third-order valence-electron chi connectivity index (χ3n) is 4.22. The van der Waals surface area contributed by atoms with Crippen LogP contribution in [-0.2, 0) is 9.59 Å². The van der Waals surface area contributed by atoms with Gasteiger partial charge in [0, 0.05) is 20.7 Å². The third kappa shape index (κ3) is 6.26. The topological polar surface area (TPSA) is 96.9 Å². The Morgan fingerprint density at radius 2 is 1.72 bits per heavy atom. The van der Waals surface area contributed by atoms with Gasteiger partial charge >= 0.3 is 17.8 Å². The summed E-state index contributed by atoms with van der Waals surface area (Å²) in [6, 6.07) is 18.2. The van der Waals surface area contributed by atoms with E-state index >= 15 is 0 Å². The highest BCUT2D eigenvalue weighted by molar-refractivity contribution is 9.10. The molecule has 0 bridgehead atoms. The van der Waals surface area contributed by atoms with E-state index in [4.69, 9.17) is 16.3 Å². The van der Waals surface area contributed by atoms with Gasteiger partial charge in [-0.1, -0.05) is 45.7 Å². The first kappa shape index (κ1) is 23.2. The molecule has 0 aromatic heterocycles. The van der Waals surface area contributed by atoms with Crippen molar-refractivity contribution in [3.63, 3.8) is 0 Å². The average molecular weight is 515 g/mol. The number of hydrogen-bond acceptors (Lipinski definition) is 5. The molecule has 7 nitrogen and oxygen atoms in total. The lowest BCUT2D eigenvalue weighted by molar-refractivity contribution is -0.136. The zero-order valence-electron chi connectivity index (χ0n) is 16.8. The van der Waals surface area contributed by atoms with E-state index in [1.54, 1.807) is 54.6 Å². The second kappa shape index (κ2) is 10.7. The molecular formula is C23H17BrClN3O4. The molecule has 0 saturated heterocycles. The monoisotopic (exact) mass is 513 g/mol. The van der Waals surface area contributed by atoms with Crippen LogP contribution < -0.4 is 15.5 Å². The van der Waals surface area contributed by atoms with Crippen LogP contribution in [0.2, 0.25) is 5.02 Å². The van der Waals surface area contributed by atoms with Gasteiger partial charge in [0.05, 0.1) is 11.8 Å². The fourth-order valence-corrected chi connectivity index (χ4v) is 3.07. The number of aryl methyl sites for hydroxylation is 1. The Kier molecular flexibility index (Phi) is 7.75. The molecule has 0 spiro atoms. The minimum Gasteiger partial charge on any atom is -0.422 e. The van der Waals surface area contributed by atoms with Gasteiger partial charge in [-0.25, -0.2) is 10.2 Å². The summed E-state index contributed by atoms with van der Waals surface area (Å²) in [6.07, 6.45) is 1.27. The van der Waals surface area contributed by atoms with Crippen molar-refractivity contribution in [1.29, 1.82) is 0 Å². The summed E-state index contributed by atoms with van der Waals surface area (Å²) in [5.74, 6) is -2.17. The second-order valence-corrected chi connectivity index (χ2v) is 7.90. The van der Waals surface area contributed by atoms with E-state index in [-0.39, 0.29) is 5.75 Å². The molecule has 0 saturated carbocycles. The number of carbonyl (C=O) groups excluding carboxylic acids is 3. The van der Waals surface area contributed by atoms with Crippen LogP contribution in [0.1, 0.15) is 21.5 Å². The molecular weight excluding hydrogens is 498 g/mol. The Hall–Kier alpha value is -3.49. The molecule has 0 aliphatic heterocycles. The summed E-state index contributed by atoms with van der Waals surface area (Å²) in [4.78, 5) is 36.5. The number of amides is 2. The van der Waals surface area contributed by atoms with Gasteiger partial charge in [0.15, 0.2) is 0 Å². The number of halogens is 2. The highest BCUT2D eigenvalue weighted by atomic mass is 79.9. The summed E-state index contributed by atoms with van der Waals surface area (Å²) >= 11 is 9.17. The van der Waals surface area contributed by atoms with Crippen molar-refractivity contribution in [1.82, 2.24) is 5.43 Å². The molecule has 3 rings (SSSR count). The number of hydrazone groups is 1. The number of nitrogens with one attached hydrogen (secondary N) is 2. The SMILES string of the molecule is Cc1ccccc1NC(=O)C(=O)N/N=C\c1cc(Br)ccc1OC(=O)c1ccc(Cl)cc1. The Labute approximate surface area is 197 Å². The summed E-state index contributed by atoms with van der Waals surface area (Å²) in [7, 11) is 0. The Morgan fingerprint density at radius 1 is 1.00 bits per heavy atom. The highest BCUT2D eigenvalue weighted by Crippen LogP contribution is 2.23. The first-order valence-corrected chi connectivity index (χ1v) is 10.5. The molecule has 2 amide bonds. The normalized spacial score (nSPS) is 10.6. The van der Waals surface area contributed by atoms with Crippen LogP contribution in [0.5, 0.6) is 5.75 Å². The standard InChI is InChI=1S/C23H17BrClN3O4/c1-14-4-2-3-5-19(14)27-21(29)22(30)28-26-13-16-12-17(24)8-11-20(16)32-23(31)15-6-9-18(25)10-7-15/h2-13H,1H3,(H,27,29)(H,28,30)/b26-13-. The number of ether oxygens (including phenoxy) is 1. The Balaban J connectivity index is 1.67. The largest absolute Gasteiger partial charge is 0.422 e. The molecule has 2 N–H and O–H groups in total. The fourth-order valence-electron chi connectivity index (χ4n) is 2.56. The Morgan fingerprint density at radius 3 is 2.44 bits per heavy atom. The van der Waals surface area contributed by atoms with E-state index < -0.39 is 17.8 Å². The van der Waals surface area contributed by atoms with Gasteiger partial charge in [0.1, 0.15) is 5.75 Å². The van der Waals surface area contributed by atoms with Crippen molar-refractivity contribution < 1.29 is 19.1 Å². The van der Waals surface area contributed by atoms with Crippen molar-refractivity contribution in [2.45, 2.75) is 6.92 Å². The zero-order chi connectivity index (χ0) is 23.1. The van der Waals surface area contributed by atoms with Gasteiger partial charge in [0.25, 0.3) is 0 Å². The summed E-state index contributed by atoms with van der Waals surface area (Å²) < 4.78 is 6.14. The molecule has 0 aliphatic rings. The number of benzene rings is 3. The van der Waals surface area contributed by atoms with Crippen molar-refractivity contribution in [3.05, 3.63) is 92.9 Å². The predicted molar refractivity (Wildman–Crippen MR) is 126 cm³/mol. The maximum Gasteiger partial charge on any atom is 0.343 e. The third-order valence-corrected chi connectivity index (χ3v) is 4.97. The number of anilines is 1. The van der Waals surface area contributed by atoms with E-state index in [2.05, 4.69) is 31.8 Å². The molecule has 0 aliphatic carbocycles. The molecule has 3 aromatic rings. The fraction of sp³-hybridized carbons (Fsp3) is 0.0435. The summed E-state index contributed by atoms with van der Waals surface area (Å²) in [5.41, 5.74) is 4.23. The molecule has 3 aromatic carbocycles. The van der Waals surface area contributed by atoms with Gasteiger partial charge in [-0.3, -0.25) is 9.59 Å². The number of carbonyl (C=O) groups is 3. The van der Waals surface area contributed by atoms with Crippen LogP contribution in [0.4, 0.5) is 5.69 Å². The van der Waals surface area contributed by atoms with Gasteiger partial charge in [-0.2, -0.15) is 5.10 Å². The lowest BCUT2D eigenvalue weighted by Gasteiger charge is -2.08. The van der Waals surface area contributed by atoms with Crippen molar-refractivity contribution in [3.8, 4) is 5.75 Å². The second-order valence-electron chi connectivity index (χ2n) is 6.55. The van der Waals surface area contributed by atoms with Crippen LogP contribution in [0.25, 0.3) is 0 Å². The minimum absolute atomic E-state index is 0.218. The number of nitrogens with zero attached hydrogens (tertiary/aromatic N) is 1. The van der Waals surface area contributed by atoms with Crippen LogP contribution >= 0.6 is 27.5 Å². The Bertz CT molecular complexity index is 1200. The molecule has 0 heterocycles. The van der Waals surface area contributed by atoms with Crippen molar-refractivity contribution >= 4 is 57.2 Å². The molecule has 162 valence electrons. The van der Waals surface area contributed by atoms with E-state index in [9.17, 15) is 14.4 Å². The first-order valence-electron chi connectivity index (χ1n) is 9.31. The maximum absolute atomic E-state index is 12.4. The first-order chi connectivity index (χ1) is 15.3. The highest BCUT2D eigenvalue weighted by Gasteiger charge is 2.15.